The molecule has 0 fully saturated rings. The second kappa shape index (κ2) is 8.60. The summed E-state index contributed by atoms with van der Waals surface area (Å²) in [5, 5.41) is 4.69. The maximum atomic E-state index is 12.2. The summed E-state index contributed by atoms with van der Waals surface area (Å²) in [4.78, 5) is 15.5. The molecule has 0 bridgehead atoms. The van der Waals surface area contributed by atoms with Gasteiger partial charge in [-0.2, -0.15) is 0 Å². The number of hydrogen-bond donors (Lipinski definition) is 2. The summed E-state index contributed by atoms with van der Waals surface area (Å²) in [6, 6.07) is 20.9. The molecule has 146 valence electrons. The number of nitrogens with one attached hydrogen (secondary N) is 2. The van der Waals surface area contributed by atoms with Crippen molar-refractivity contribution in [3.8, 4) is 5.75 Å². The SMILES string of the molecule is O=C(COc1ccc2[nH]cc(Cc3ccccc3)c2c1)Nc1ccc(Cl)cc1Cl. The van der Waals surface area contributed by atoms with Gasteiger partial charge in [0.15, 0.2) is 6.61 Å². The van der Waals surface area contributed by atoms with Crippen LogP contribution in [0.15, 0.2) is 72.9 Å². The monoisotopic (exact) mass is 424 g/mol. The Morgan fingerprint density at radius 2 is 1.83 bits per heavy atom. The number of halogens is 2. The van der Waals surface area contributed by atoms with E-state index in [9.17, 15) is 4.79 Å². The average Bonchev–Trinajstić information content (AvgIpc) is 3.11. The Balaban J connectivity index is 1.44. The van der Waals surface area contributed by atoms with E-state index < -0.39 is 0 Å². The number of aromatic amines is 1. The summed E-state index contributed by atoms with van der Waals surface area (Å²) < 4.78 is 5.69. The molecule has 4 aromatic rings. The van der Waals surface area contributed by atoms with Crippen molar-refractivity contribution in [2.45, 2.75) is 6.42 Å². The van der Waals surface area contributed by atoms with Gasteiger partial charge >= 0.3 is 0 Å². The normalized spacial score (nSPS) is 10.8. The Morgan fingerprint density at radius 3 is 2.62 bits per heavy atom. The third-order valence-corrected chi connectivity index (χ3v) is 5.10. The number of carbonyl (C=O) groups is 1. The molecule has 0 saturated heterocycles. The molecule has 0 aliphatic heterocycles. The minimum absolute atomic E-state index is 0.122. The largest absolute Gasteiger partial charge is 0.484 e. The van der Waals surface area contributed by atoms with Gasteiger partial charge in [-0.1, -0.05) is 53.5 Å². The van der Waals surface area contributed by atoms with E-state index in [-0.39, 0.29) is 12.5 Å². The number of ether oxygens (including phenoxy) is 1. The van der Waals surface area contributed by atoms with Crippen LogP contribution in [0.5, 0.6) is 5.75 Å². The molecule has 0 aliphatic carbocycles. The van der Waals surface area contributed by atoms with Crippen LogP contribution < -0.4 is 10.1 Å². The second-order valence-electron chi connectivity index (χ2n) is 6.64. The van der Waals surface area contributed by atoms with Crippen molar-refractivity contribution in [2.24, 2.45) is 0 Å². The van der Waals surface area contributed by atoms with E-state index in [1.54, 1.807) is 18.2 Å². The van der Waals surface area contributed by atoms with Crippen LogP contribution in [0.4, 0.5) is 5.69 Å². The summed E-state index contributed by atoms with van der Waals surface area (Å²) in [6.45, 7) is -0.122. The Labute approximate surface area is 178 Å². The van der Waals surface area contributed by atoms with E-state index in [1.807, 2.05) is 42.6 Å². The fourth-order valence-electron chi connectivity index (χ4n) is 3.14. The topological polar surface area (TPSA) is 54.1 Å². The molecule has 0 radical (unpaired) electrons. The van der Waals surface area contributed by atoms with E-state index in [4.69, 9.17) is 27.9 Å². The van der Waals surface area contributed by atoms with Gasteiger partial charge in [-0.25, -0.2) is 0 Å². The number of carbonyl (C=O) groups excluding carboxylic acids is 1. The van der Waals surface area contributed by atoms with Crippen molar-refractivity contribution in [1.29, 1.82) is 0 Å². The van der Waals surface area contributed by atoms with E-state index in [0.717, 1.165) is 17.3 Å². The van der Waals surface area contributed by atoms with Gasteiger partial charge in [0, 0.05) is 22.1 Å². The third-order valence-electron chi connectivity index (χ3n) is 4.55. The number of aromatic nitrogens is 1. The van der Waals surface area contributed by atoms with Gasteiger partial charge in [0.2, 0.25) is 0 Å². The molecule has 3 aromatic carbocycles. The van der Waals surface area contributed by atoms with Crippen molar-refractivity contribution < 1.29 is 9.53 Å². The van der Waals surface area contributed by atoms with Gasteiger partial charge in [0.1, 0.15) is 5.75 Å². The Morgan fingerprint density at radius 1 is 1.00 bits per heavy atom. The van der Waals surface area contributed by atoms with Crippen molar-refractivity contribution in [2.75, 3.05) is 11.9 Å². The van der Waals surface area contributed by atoms with Gasteiger partial charge in [-0.15, -0.1) is 0 Å². The third kappa shape index (κ3) is 4.73. The van der Waals surface area contributed by atoms with Crippen LogP contribution in [0.1, 0.15) is 11.1 Å². The number of amides is 1. The summed E-state index contributed by atoms with van der Waals surface area (Å²) in [6.07, 6.45) is 2.83. The fourth-order valence-corrected chi connectivity index (χ4v) is 3.59. The predicted molar refractivity (Wildman–Crippen MR) is 118 cm³/mol. The lowest BCUT2D eigenvalue weighted by Gasteiger charge is -2.09. The number of anilines is 1. The lowest BCUT2D eigenvalue weighted by atomic mass is 10.0. The lowest BCUT2D eigenvalue weighted by molar-refractivity contribution is -0.118. The Bertz CT molecular complexity index is 1160. The first-order valence-electron chi connectivity index (χ1n) is 9.10. The molecule has 0 saturated carbocycles. The highest BCUT2D eigenvalue weighted by Crippen LogP contribution is 2.27. The number of benzene rings is 3. The van der Waals surface area contributed by atoms with E-state index in [2.05, 4.69) is 22.4 Å². The molecule has 2 N–H and O–H groups in total. The van der Waals surface area contributed by atoms with Crippen LogP contribution >= 0.6 is 23.2 Å². The molecule has 4 rings (SSSR count). The van der Waals surface area contributed by atoms with Gasteiger partial charge < -0.3 is 15.0 Å². The zero-order valence-corrected chi connectivity index (χ0v) is 16.9. The molecule has 29 heavy (non-hydrogen) atoms. The quantitative estimate of drug-likeness (QED) is 0.393. The Hall–Kier alpha value is -2.95. The van der Waals surface area contributed by atoms with Crippen molar-refractivity contribution >= 4 is 45.7 Å². The summed E-state index contributed by atoms with van der Waals surface area (Å²) in [5.74, 6) is 0.330. The molecule has 4 nitrogen and oxygen atoms in total. The zero-order chi connectivity index (χ0) is 20.2. The summed E-state index contributed by atoms with van der Waals surface area (Å²) in [7, 11) is 0. The molecule has 0 aliphatic rings. The molecule has 0 spiro atoms. The van der Waals surface area contributed by atoms with Crippen LogP contribution in [0.2, 0.25) is 10.0 Å². The highest BCUT2D eigenvalue weighted by atomic mass is 35.5. The first kappa shape index (κ1) is 19.4. The summed E-state index contributed by atoms with van der Waals surface area (Å²) in [5.41, 5.74) is 3.93. The van der Waals surface area contributed by atoms with Gasteiger partial charge in [0.25, 0.3) is 5.91 Å². The standard InChI is InChI=1S/C23H18Cl2N2O2/c24-17-6-8-22(20(25)11-17)27-23(28)14-29-18-7-9-21-19(12-18)16(13-26-21)10-15-4-2-1-3-5-15/h1-9,11-13,26H,10,14H2,(H,27,28). The minimum atomic E-state index is -0.298. The van der Waals surface area contributed by atoms with Gasteiger partial charge in [-0.05, 0) is 53.9 Å². The molecular formula is C23H18Cl2N2O2. The first-order chi connectivity index (χ1) is 14.1. The molecule has 6 heteroatoms. The molecule has 0 atom stereocenters. The van der Waals surface area contributed by atoms with Crippen LogP contribution in [-0.4, -0.2) is 17.5 Å². The van der Waals surface area contributed by atoms with Crippen LogP contribution in [0, 0.1) is 0 Å². The Kier molecular flexibility index (Phi) is 5.74. The second-order valence-corrected chi connectivity index (χ2v) is 7.49. The maximum absolute atomic E-state index is 12.2. The smallest absolute Gasteiger partial charge is 0.262 e. The molecule has 0 unspecified atom stereocenters. The fraction of sp³-hybridized carbons (Fsp3) is 0.0870. The predicted octanol–water partition coefficient (Wildman–Crippen LogP) is 6.08. The highest BCUT2D eigenvalue weighted by molar-refractivity contribution is 6.36. The zero-order valence-electron chi connectivity index (χ0n) is 15.4. The molecular weight excluding hydrogens is 407 g/mol. The first-order valence-corrected chi connectivity index (χ1v) is 9.86. The van der Waals surface area contributed by atoms with Gasteiger partial charge in [0.05, 0.1) is 10.7 Å². The van der Waals surface area contributed by atoms with E-state index >= 15 is 0 Å². The van der Waals surface area contributed by atoms with Crippen LogP contribution in [0.25, 0.3) is 10.9 Å². The molecule has 1 amide bonds. The van der Waals surface area contributed by atoms with Crippen LogP contribution in [-0.2, 0) is 11.2 Å². The number of fused-ring (bicyclic) bond motifs is 1. The van der Waals surface area contributed by atoms with Gasteiger partial charge in [-0.3, -0.25) is 4.79 Å². The van der Waals surface area contributed by atoms with Crippen LogP contribution in [0.3, 0.4) is 0 Å². The highest BCUT2D eigenvalue weighted by Gasteiger charge is 2.10. The van der Waals surface area contributed by atoms with Crippen molar-refractivity contribution in [1.82, 2.24) is 4.98 Å². The molecule has 1 heterocycles. The van der Waals surface area contributed by atoms with Crippen molar-refractivity contribution in [3.05, 3.63) is 94.1 Å². The van der Waals surface area contributed by atoms with Crippen molar-refractivity contribution in [3.63, 3.8) is 0 Å². The molecule has 1 aromatic heterocycles. The average molecular weight is 425 g/mol. The number of rotatable bonds is 6. The van der Waals surface area contributed by atoms with E-state index in [1.165, 1.54) is 11.1 Å². The summed E-state index contributed by atoms with van der Waals surface area (Å²) >= 11 is 12.0. The maximum Gasteiger partial charge on any atom is 0.262 e. The minimum Gasteiger partial charge on any atom is -0.484 e. The number of H-pyrrole nitrogens is 1. The van der Waals surface area contributed by atoms with E-state index in [0.29, 0.717) is 21.5 Å². The lowest BCUT2D eigenvalue weighted by Crippen LogP contribution is -2.20. The number of hydrogen-bond acceptors (Lipinski definition) is 2.